The summed E-state index contributed by atoms with van der Waals surface area (Å²) in [4.78, 5) is 12.5. The van der Waals surface area contributed by atoms with Gasteiger partial charge in [-0.2, -0.15) is 0 Å². The Kier molecular flexibility index (Phi) is 4.27. The Balaban J connectivity index is 1.91. The average Bonchev–Trinajstić information content (AvgIpc) is 2.73. The Labute approximate surface area is 127 Å². The van der Waals surface area contributed by atoms with Gasteiger partial charge >= 0.3 is 0 Å². The molecule has 2 aliphatic rings. The number of hydroxylamine groups is 1. The van der Waals surface area contributed by atoms with Crippen LogP contribution in [0, 0.1) is 0 Å². The zero-order valence-electron chi connectivity index (χ0n) is 13.1. The van der Waals surface area contributed by atoms with E-state index in [1.807, 2.05) is 6.92 Å². The molecule has 1 N–H and O–H groups in total. The molecule has 3 rings (SSSR count). The van der Waals surface area contributed by atoms with E-state index in [1.165, 1.54) is 24.8 Å². The second-order valence-corrected chi connectivity index (χ2v) is 6.23. The molecule has 4 atom stereocenters. The lowest BCUT2D eigenvalue weighted by molar-refractivity contribution is 0.131. The summed E-state index contributed by atoms with van der Waals surface area (Å²) >= 11 is 0. The van der Waals surface area contributed by atoms with Gasteiger partial charge in [-0.1, -0.05) is 30.3 Å². The molecular formula is C17H25N3O. The molecular weight excluding hydrogens is 262 g/mol. The van der Waals surface area contributed by atoms with Crippen LogP contribution in [0.2, 0.25) is 0 Å². The van der Waals surface area contributed by atoms with E-state index in [9.17, 15) is 0 Å². The van der Waals surface area contributed by atoms with E-state index in [0.717, 1.165) is 5.84 Å². The molecule has 0 saturated carbocycles. The van der Waals surface area contributed by atoms with Gasteiger partial charge in [0.2, 0.25) is 0 Å². The lowest BCUT2D eigenvalue weighted by atomic mass is 9.81. The quantitative estimate of drug-likeness (QED) is 0.527. The van der Waals surface area contributed by atoms with Gasteiger partial charge in [-0.15, -0.1) is 0 Å². The van der Waals surface area contributed by atoms with Crippen molar-refractivity contribution in [3.05, 3.63) is 35.9 Å². The minimum Gasteiger partial charge on any atom is -0.298 e. The highest BCUT2D eigenvalue weighted by atomic mass is 16.6. The standard InChI is InChI=1S/C17H25N3O/c1-12(19-21-3)18-17-15(13-7-5-4-6-8-13)11-14-9-10-16(17)20(14)2/h4-8,14-17H,9-11H2,1-3H3,(H,18,19)/t14-,15-,16?,17-/m1/s1. The smallest absolute Gasteiger partial charge is 0.118 e. The molecule has 0 aromatic heterocycles. The number of piperidine rings is 1. The molecule has 2 saturated heterocycles. The van der Waals surface area contributed by atoms with E-state index >= 15 is 0 Å². The minimum atomic E-state index is 0.304. The normalized spacial score (nSPS) is 33.2. The van der Waals surface area contributed by atoms with Crippen LogP contribution in [-0.2, 0) is 4.84 Å². The molecule has 21 heavy (non-hydrogen) atoms. The fourth-order valence-electron chi connectivity index (χ4n) is 4.04. The second kappa shape index (κ2) is 6.16. The largest absolute Gasteiger partial charge is 0.298 e. The summed E-state index contributed by atoms with van der Waals surface area (Å²) < 4.78 is 0. The topological polar surface area (TPSA) is 36.9 Å². The molecule has 1 aromatic carbocycles. The lowest BCUT2D eigenvalue weighted by Gasteiger charge is -2.41. The molecule has 0 amide bonds. The van der Waals surface area contributed by atoms with E-state index < -0.39 is 0 Å². The first-order valence-electron chi connectivity index (χ1n) is 7.81. The second-order valence-electron chi connectivity index (χ2n) is 6.23. The van der Waals surface area contributed by atoms with Crippen molar-refractivity contribution in [3.63, 3.8) is 0 Å². The predicted octanol–water partition coefficient (Wildman–Crippen LogP) is 2.57. The van der Waals surface area contributed by atoms with Crippen molar-refractivity contribution in [1.29, 1.82) is 0 Å². The van der Waals surface area contributed by atoms with Crippen LogP contribution >= 0.6 is 0 Å². The number of fused-ring (bicyclic) bond motifs is 2. The van der Waals surface area contributed by atoms with Crippen LogP contribution in [-0.4, -0.2) is 43.0 Å². The summed E-state index contributed by atoms with van der Waals surface area (Å²) in [5, 5.41) is 0. The summed E-state index contributed by atoms with van der Waals surface area (Å²) in [6, 6.07) is 12.4. The van der Waals surface area contributed by atoms with Gasteiger partial charge < -0.3 is 0 Å². The minimum absolute atomic E-state index is 0.304. The van der Waals surface area contributed by atoms with Gasteiger partial charge in [0.25, 0.3) is 0 Å². The molecule has 0 spiro atoms. The van der Waals surface area contributed by atoms with Crippen LogP contribution in [0.5, 0.6) is 0 Å². The SMILES string of the molecule is CONC(C)=N[C@H]1C2CC[C@H](C[C@@H]1c1ccccc1)N2C. The Morgan fingerprint density at radius 3 is 2.76 bits per heavy atom. The Bertz CT molecular complexity index is 502. The third-order valence-electron chi connectivity index (χ3n) is 5.05. The number of hydrogen-bond acceptors (Lipinski definition) is 3. The van der Waals surface area contributed by atoms with Gasteiger partial charge in [0.05, 0.1) is 13.2 Å². The van der Waals surface area contributed by atoms with Crippen molar-refractivity contribution in [2.45, 2.75) is 50.2 Å². The summed E-state index contributed by atoms with van der Waals surface area (Å²) in [7, 11) is 3.89. The third-order valence-corrected chi connectivity index (χ3v) is 5.05. The van der Waals surface area contributed by atoms with Gasteiger partial charge in [0.1, 0.15) is 5.84 Å². The monoisotopic (exact) mass is 287 g/mol. The molecule has 1 aromatic rings. The van der Waals surface area contributed by atoms with Gasteiger partial charge in [-0.05, 0) is 38.8 Å². The summed E-state index contributed by atoms with van der Waals surface area (Å²) in [5.41, 5.74) is 4.29. The average molecular weight is 287 g/mol. The number of likely N-dealkylation sites (N-methyl/N-ethyl adjacent to an activating group) is 1. The van der Waals surface area contributed by atoms with Crippen molar-refractivity contribution in [2.75, 3.05) is 14.2 Å². The fourth-order valence-corrected chi connectivity index (χ4v) is 4.04. The molecule has 2 heterocycles. The molecule has 4 nitrogen and oxygen atoms in total. The third kappa shape index (κ3) is 2.83. The van der Waals surface area contributed by atoms with E-state index in [4.69, 9.17) is 9.83 Å². The highest BCUT2D eigenvalue weighted by Gasteiger charge is 2.45. The van der Waals surface area contributed by atoms with Gasteiger partial charge in [-0.3, -0.25) is 20.2 Å². The maximum Gasteiger partial charge on any atom is 0.118 e. The number of hydrogen-bond donors (Lipinski definition) is 1. The predicted molar refractivity (Wildman–Crippen MR) is 85.4 cm³/mol. The summed E-state index contributed by atoms with van der Waals surface area (Å²) in [5.74, 6) is 1.37. The van der Waals surface area contributed by atoms with Crippen molar-refractivity contribution in [3.8, 4) is 0 Å². The van der Waals surface area contributed by atoms with Crippen molar-refractivity contribution in [2.24, 2.45) is 4.99 Å². The zero-order valence-corrected chi connectivity index (χ0v) is 13.1. The lowest BCUT2D eigenvalue weighted by Crippen LogP contribution is -2.48. The van der Waals surface area contributed by atoms with Gasteiger partial charge in [0, 0.05) is 18.0 Å². The number of benzene rings is 1. The Morgan fingerprint density at radius 2 is 2.05 bits per heavy atom. The highest BCUT2D eigenvalue weighted by molar-refractivity contribution is 5.78. The first-order valence-corrected chi connectivity index (χ1v) is 7.81. The van der Waals surface area contributed by atoms with Crippen LogP contribution in [0.3, 0.4) is 0 Å². The van der Waals surface area contributed by atoms with Gasteiger partial charge in [0.15, 0.2) is 0 Å². The van der Waals surface area contributed by atoms with E-state index in [1.54, 1.807) is 7.11 Å². The zero-order chi connectivity index (χ0) is 14.8. The van der Waals surface area contributed by atoms with Crippen LogP contribution in [0.4, 0.5) is 0 Å². The Morgan fingerprint density at radius 1 is 1.29 bits per heavy atom. The first kappa shape index (κ1) is 14.5. The number of amidine groups is 1. The molecule has 0 aliphatic carbocycles. The maximum absolute atomic E-state index is 5.00. The van der Waals surface area contributed by atoms with Crippen molar-refractivity contribution < 1.29 is 4.84 Å². The first-order chi connectivity index (χ1) is 10.2. The van der Waals surface area contributed by atoms with Crippen LogP contribution in [0.25, 0.3) is 0 Å². The number of nitrogens with one attached hydrogen (secondary N) is 1. The molecule has 2 aliphatic heterocycles. The van der Waals surface area contributed by atoms with Crippen LogP contribution in [0.15, 0.2) is 35.3 Å². The summed E-state index contributed by atoms with van der Waals surface area (Å²) in [6.45, 7) is 1.98. The van der Waals surface area contributed by atoms with E-state index in [-0.39, 0.29) is 0 Å². The van der Waals surface area contributed by atoms with E-state index in [0.29, 0.717) is 24.0 Å². The van der Waals surface area contributed by atoms with Crippen molar-refractivity contribution in [1.82, 2.24) is 10.4 Å². The molecule has 114 valence electrons. The molecule has 2 bridgehead atoms. The van der Waals surface area contributed by atoms with Crippen molar-refractivity contribution >= 4 is 5.84 Å². The number of rotatable bonds is 3. The van der Waals surface area contributed by atoms with Crippen LogP contribution in [0.1, 0.15) is 37.7 Å². The molecule has 1 unspecified atom stereocenters. The molecule has 2 fully saturated rings. The van der Waals surface area contributed by atoms with Gasteiger partial charge in [-0.25, -0.2) is 0 Å². The highest BCUT2D eigenvalue weighted by Crippen LogP contribution is 2.43. The van der Waals surface area contributed by atoms with Crippen LogP contribution < -0.4 is 5.48 Å². The summed E-state index contributed by atoms with van der Waals surface area (Å²) in [6.07, 6.45) is 3.75. The fraction of sp³-hybridized carbons (Fsp3) is 0.588. The molecule has 4 heteroatoms. The molecule has 0 radical (unpaired) electrons. The number of nitrogens with zero attached hydrogens (tertiary/aromatic N) is 2. The Hall–Kier alpha value is -1.39. The number of aliphatic imine (C=N–C) groups is 1. The maximum atomic E-state index is 5.00. The van der Waals surface area contributed by atoms with E-state index in [2.05, 4.69) is 47.8 Å².